The molecule has 1 aromatic heterocycles. The first-order chi connectivity index (χ1) is 6.97. The van der Waals surface area contributed by atoms with Gasteiger partial charge in [0.25, 0.3) is 0 Å². The maximum absolute atomic E-state index is 5.73. The van der Waals surface area contributed by atoms with Gasteiger partial charge >= 0.3 is 0 Å². The third kappa shape index (κ3) is 2.48. The highest BCUT2D eigenvalue weighted by molar-refractivity contribution is 5.58. The molecule has 0 bridgehead atoms. The van der Waals surface area contributed by atoms with Crippen LogP contribution in [0.15, 0.2) is 5.57 Å². The van der Waals surface area contributed by atoms with Gasteiger partial charge in [0.15, 0.2) is 0 Å². The molecule has 0 unspecified atom stereocenters. The van der Waals surface area contributed by atoms with E-state index in [-0.39, 0.29) is 0 Å². The maximum Gasteiger partial charge on any atom is 0.0668 e. The second-order valence-corrected chi connectivity index (χ2v) is 4.29. The summed E-state index contributed by atoms with van der Waals surface area (Å²) < 4.78 is 1.91. The molecule has 0 radical (unpaired) electrons. The summed E-state index contributed by atoms with van der Waals surface area (Å²) in [6.07, 6.45) is 2.18. The molecule has 0 aliphatic rings. The molecule has 15 heavy (non-hydrogen) atoms. The zero-order valence-corrected chi connectivity index (χ0v) is 10.3. The molecular weight excluding hydrogens is 186 g/mol. The van der Waals surface area contributed by atoms with Gasteiger partial charge in [-0.05, 0) is 19.8 Å². The van der Waals surface area contributed by atoms with Crippen molar-refractivity contribution in [1.29, 1.82) is 0 Å². The quantitative estimate of drug-likeness (QED) is 0.824. The number of nitrogens with two attached hydrogens (primary N) is 1. The van der Waals surface area contributed by atoms with Gasteiger partial charge in [-0.2, -0.15) is 5.10 Å². The van der Waals surface area contributed by atoms with Crippen molar-refractivity contribution in [2.75, 3.05) is 6.54 Å². The molecule has 1 heterocycles. The zero-order valence-electron chi connectivity index (χ0n) is 10.3. The molecule has 0 aliphatic carbocycles. The Labute approximate surface area is 92.0 Å². The van der Waals surface area contributed by atoms with Crippen molar-refractivity contribution in [1.82, 2.24) is 9.78 Å². The van der Waals surface area contributed by atoms with Crippen LogP contribution in [-0.2, 0) is 7.05 Å². The van der Waals surface area contributed by atoms with Gasteiger partial charge in [0.05, 0.1) is 5.69 Å². The smallest absolute Gasteiger partial charge is 0.0668 e. The third-order valence-electron chi connectivity index (χ3n) is 2.87. The van der Waals surface area contributed by atoms with Crippen molar-refractivity contribution in [3.05, 3.63) is 22.5 Å². The Morgan fingerprint density at radius 2 is 2.07 bits per heavy atom. The van der Waals surface area contributed by atoms with Gasteiger partial charge in [-0.1, -0.05) is 25.5 Å². The minimum atomic E-state index is 0.494. The summed E-state index contributed by atoms with van der Waals surface area (Å²) in [6, 6.07) is 0. The average molecular weight is 207 g/mol. The van der Waals surface area contributed by atoms with Crippen molar-refractivity contribution < 1.29 is 0 Å². The SMILES string of the molecule is Cc1nn(C)c(C)c1C=C(CN)C(C)C. The van der Waals surface area contributed by atoms with Gasteiger partial charge in [-0.15, -0.1) is 0 Å². The van der Waals surface area contributed by atoms with E-state index in [1.807, 2.05) is 18.7 Å². The van der Waals surface area contributed by atoms with E-state index >= 15 is 0 Å². The van der Waals surface area contributed by atoms with Crippen LogP contribution in [0.4, 0.5) is 0 Å². The van der Waals surface area contributed by atoms with Gasteiger partial charge in [0, 0.05) is 24.8 Å². The van der Waals surface area contributed by atoms with Crippen LogP contribution < -0.4 is 5.73 Å². The lowest BCUT2D eigenvalue weighted by molar-refractivity contribution is 0.731. The lowest BCUT2D eigenvalue weighted by Crippen LogP contribution is -2.08. The number of hydrogen-bond acceptors (Lipinski definition) is 2. The van der Waals surface area contributed by atoms with Gasteiger partial charge < -0.3 is 5.73 Å². The van der Waals surface area contributed by atoms with E-state index in [1.54, 1.807) is 0 Å². The van der Waals surface area contributed by atoms with E-state index in [0.29, 0.717) is 12.5 Å². The second kappa shape index (κ2) is 4.62. The minimum Gasteiger partial charge on any atom is -0.327 e. The molecule has 3 nitrogen and oxygen atoms in total. The highest BCUT2D eigenvalue weighted by atomic mass is 15.3. The molecule has 2 N–H and O–H groups in total. The van der Waals surface area contributed by atoms with Crippen LogP contribution >= 0.6 is 0 Å². The number of rotatable bonds is 3. The molecule has 0 aliphatic heterocycles. The summed E-state index contributed by atoms with van der Waals surface area (Å²) in [5.41, 5.74) is 10.5. The van der Waals surface area contributed by atoms with E-state index in [2.05, 4.69) is 31.9 Å². The van der Waals surface area contributed by atoms with Crippen LogP contribution in [0, 0.1) is 19.8 Å². The monoisotopic (exact) mass is 207 g/mol. The summed E-state index contributed by atoms with van der Waals surface area (Å²) in [6.45, 7) is 9.07. The molecule has 1 rings (SSSR count). The summed E-state index contributed by atoms with van der Waals surface area (Å²) in [5.74, 6) is 0.494. The lowest BCUT2D eigenvalue weighted by atomic mass is 10.00. The Morgan fingerprint density at radius 1 is 1.47 bits per heavy atom. The van der Waals surface area contributed by atoms with Crippen LogP contribution in [-0.4, -0.2) is 16.3 Å². The van der Waals surface area contributed by atoms with Crippen molar-refractivity contribution >= 4 is 6.08 Å². The first kappa shape index (κ1) is 12.0. The van der Waals surface area contributed by atoms with E-state index < -0.39 is 0 Å². The Morgan fingerprint density at radius 3 is 2.40 bits per heavy atom. The fourth-order valence-corrected chi connectivity index (χ4v) is 1.65. The van der Waals surface area contributed by atoms with Gasteiger partial charge in [-0.25, -0.2) is 0 Å². The Bertz CT molecular complexity index is 372. The van der Waals surface area contributed by atoms with Gasteiger partial charge in [0.1, 0.15) is 0 Å². The summed E-state index contributed by atoms with van der Waals surface area (Å²) in [7, 11) is 1.97. The second-order valence-electron chi connectivity index (χ2n) is 4.29. The topological polar surface area (TPSA) is 43.8 Å². The van der Waals surface area contributed by atoms with Crippen molar-refractivity contribution in [2.24, 2.45) is 18.7 Å². The van der Waals surface area contributed by atoms with Crippen LogP contribution in [0.5, 0.6) is 0 Å². The molecule has 84 valence electrons. The molecule has 0 fully saturated rings. The van der Waals surface area contributed by atoms with E-state index in [9.17, 15) is 0 Å². The first-order valence-electron chi connectivity index (χ1n) is 5.38. The number of nitrogens with zero attached hydrogens (tertiary/aromatic N) is 2. The lowest BCUT2D eigenvalue weighted by Gasteiger charge is -2.08. The molecule has 0 atom stereocenters. The Balaban J connectivity index is 3.16. The van der Waals surface area contributed by atoms with E-state index in [4.69, 9.17) is 5.73 Å². The molecule has 0 spiro atoms. The Kier molecular flexibility index (Phi) is 3.69. The van der Waals surface area contributed by atoms with E-state index in [1.165, 1.54) is 16.8 Å². The predicted octanol–water partition coefficient (Wildman–Crippen LogP) is 2.04. The minimum absolute atomic E-state index is 0.494. The number of aryl methyl sites for hydroxylation is 2. The fraction of sp³-hybridized carbons (Fsp3) is 0.583. The highest BCUT2D eigenvalue weighted by Crippen LogP contribution is 2.19. The van der Waals surface area contributed by atoms with Crippen molar-refractivity contribution in [3.63, 3.8) is 0 Å². The molecule has 0 aromatic carbocycles. The summed E-state index contributed by atoms with van der Waals surface area (Å²) in [5, 5.41) is 4.39. The zero-order chi connectivity index (χ0) is 11.6. The molecular formula is C12H21N3. The summed E-state index contributed by atoms with van der Waals surface area (Å²) >= 11 is 0. The predicted molar refractivity (Wildman–Crippen MR) is 64.6 cm³/mol. The van der Waals surface area contributed by atoms with Gasteiger partial charge in [-0.3, -0.25) is 4.68 Å². The average Bonchev–Trinajstić information content (AvgIpc) is 2.39. The standard InChI is InChI=1S/C12H21N3/c1-8(2)11(7-13)6-12-9(3)14-15(5)10(12)4/h6,8H,7,13H2,1-5H3. The first-order valence-corrected chi connectivity index (χ1v) is 5.38. The molecule has 1 aromatic rings. The normalized spacial score (nSPS) is 12.6. The third-order valence-corrected chi connectivity index (χ3v) is 2.87. The van der Waals surface area contributed by atoms with Crippen LogP contribution in [0.1, 0.15) is 30.8 Å². The van der Waals surface area contributed by atoms with Crippen molar-refractivity contribution in [2.45, 2.75) is 27.7 Å². The van der Waals surface area contributed by atoms with Crippen molar-refractivity contribution in [3.8, 4) is 0 Å². The molecule has 0 saturated carbocycles. The fourth-order valence-electron chi connectivity index (χ4n) is 1.65. The van der Waals surface area contributed by atoms with Gasteiger partial charge in [0.2, 0.25) is 0 Å². The molecule has 3 heteroatoms. The van der Waals surface area contributed by atoms with Crippen LogP contribution in [0.25, 0.3) is 6.08 Å². The van der Waals surface area contributed by atoms with Crippen LogP contribution in [0.2, 0.25) is 0 Å². The largest absolute Gasteiger partial charge is 0.327 e. The van der Waals surface area contributed by atoms with E-state index in [0.717, 1.165) is 5.69 Å². The number of hydrogen-bond donors (Lipinski definition) is 1. The highest BCUT2D eigenvalue weighted by Gasteiger charge is 2.09. The molecule has 0 saturated heterocycles. The molecule has 0 amide bonds. The summed E-state index contributed by atoms with van der Waals surface area (Å²) in [4.78, 5) is 0. The van der Waals surface area contributed by atoms with Crippen LogP contribution in [0.3, 0.4) is 0 Å². The maximum atomic E-state index is 5.73. The Hall–Kier alpha value is -1.09. The number of aromatic nitrogens is 2.